The summed E-state index contributed by atoms with van der Waals surface area (Å²) in [4.78, 5) is 2.26. The lowest BCUT2D eigenvalue weighted by Gasteiger charge is -2.41. The lowest BCUT2D eigenvalue weighted by atomic mass is 9.76. The fraction of sp³-hybridized carbons (Fsp3) is 1.00. The van der Waals surface area contributed by atoms with Gasteiger partial charge in [0.2, 0.25) is 0 Å². The molecule has 0 N–H and O–H groups in total. The maximum absolute atomic E-state index is 12.5. The lowest BCUT2D eigenvalue weighted by Crippen LogP contribution is -2.44. The van der Waals surface area contributed by atoms with E-state index in [0.29, 0.717) is 5.41 Å². The van der Waals surface area contributed by atoms with Gasteiger partial charge in [0.1, 0.15) is 0 Å². The summed E-state index contributed by atoms with van der Waals surface area (Å²) in [5.41, 5.74) is 0.351. The van der Waals surface area contributed by atoms with Gasteiger partial charge < -0.3 is 4.90 Å². The van der Waals surface area contributed by atoms with Crippen molar-refractivity contribution in [2.45, 2.75) is 26.7 Å². The molecule has 0 aromatic carbocycles. The van der Waals surface area contributed by atoms with Gasteiger partial charge >= 0.3 is 0 Å². The van der Waals surface area contributed by atoms with E-state index in [1.165, 1.54) is 0 Å². The smallest absolute Gasteiger partial charge is 0.0935 e. The van der Waals surface area contributed by atoms with Crippen LogP contribution in [0.5, 0.6) is 0 Å². The fourth-order valence-electron chi connectivity index (χ4n) is 2.34. The van der Waals surface area contributed by atoms with Crippen molar-refractivity contribution in [3.8, 4) is 0 Å². The number of alkyl halides is 1. The van der Waals surface area contributed by atoms with Crippen LogP contribution in [-0.2, 0) is 0 Å². The summed E-state index contributed by atoms with van der Waals surface area (Å²) >= 11 is 0. The summed E-state index contributed by atoms with van der Waals surface area (Å²) in [5, 5.41) is 0. The molecule has 1 saturated heterocycles. The van der Waals surface area contributed by atoms with Crippen molar-refractivity contribution in [3.05, 3.63) is 0 Å². The van der Waals surface area contributed by atoms with E-state index in [-0.39, 0.29) is 12.6 Å². The number of piperidine rings is 1. The van der Waals surface area contributed by atoms with Crippen LogP contribution in [0.15, 0.2) is 0 Å². The number of rotatable bonds is 2. The molecule has 1 aliphatic rings. The Morgan fingerprint density at radius 1 is 1.58 bits per heavy atom. The Kier molecular flexibility index (Phi) is 3.10. The predicted molar refractivity (Wildman–Crippen MR) is 50.0 cm³/mol. The van der Waals surface area contributed by atoms with Gasteiger partial charge in [-0.2, -0.15) is 0 Å². The predicted octanol–water partition coefficient (Wildman–Crippen LogP) is 2.32. The van der Waals surface area contributed by atoms with Crippen LogP contribution in [0.2, 0.25) is 0 Å². The molecule has 1 rings (SSSR count). The van der Waals surface area contributed by atoms with Gasteiger partial charge in [0.25, 0.3) is 0 Å². The van der Waals surface area contributed by atoms with Crippen LogP contribution in [0.25, 0.3) is 0 Å². The first-order chi connectivity index (χ1) is 5.59. The van der Waals surface area contributed by atoms with Gasteiger partial charge in [-0.25, -0.2) is 0 Å². The monoisotopic (exact) mass is 173 g/mol. The molecule has 1 fully saturated rings. The molecule has 0 bridgehead atoms. The van der Waals surface area contributed by atoms with E-state index >= 15 is 0 Å². The summed E-state index contributed by atoms with van der Waals surface area (Å²) in [7, 11) is 2.09. The zero-order valence-corrected chi connectivity index (χ0v) is 8.44. The van der Waals surface area contributed by atoms with Crippen LogP contribution in [0.3, 0.4) is 0 Å². The van der Waals surface area contributed by atoms with Crippen LogP contribution in [0.1, 0.15) is 26.7 Å². The van der Waals surface area contributed by atoms with E-state index < -0.39 is 0 Å². The third-order valence-corrected chi connectivity index (χ3v) is 3.07. The van der Waals surface area contributed by atoms with Crippen molar-refractivity contribution >= 4 is 0 Å². The van der Waals surface area contributed by atoms with E-state index in [9.17, 15) is 4.39 Å². The molecule has 1 nitrogen and oxygen atoms in total. The Hall–Kier alpha value is -0.110. The summed E-state index contributed by atoms with van der Waals surface area (Å²) in [6.07, 6.45) is 2.22. The SMILES string of the molecule is CC[C@@]1(C)C[C@@H](CF)CN(C)C1. The molecule has 0 aromatic rings. The zero-order chi connectivity index (χ0) is 9.19. The van der Waals surface area contributed by atoms with Crippen LogP contribution in [0.4, 0.5) is 4.39 Å². The number of likely N-dealkylation sites (tertiary alicyclic amines) is 1. The molecular weight excluding hydrogens is 153 g/mol. The minimum absolute atomic E-state index is 0.153. The largest absolute Gasteiger partial charge is 0.305 e. The molecule has 1 aliphatic heterocycles. The first-order valence-corrected chi connectivity index (χ1v) is 4.84. The van der Waals surface area contributed by atoms with Crippen LogP contribution >= 0.6 is 0 Å². The molecule has 0 radical (unpaired) electrons. The van der Waals surface area contributed by atoms with Gasteiger partial charge in [-0.15, -0.1) is 0 Å². The maximum Gasteiger partial charge on any atom is 0.0935 e. The number of halogens is 1. The standard InChI is InChI=1S/C10H20FN/c1-4-10(2)5-9(6-11)7-12(3)8-10/h9H,4-8H2,1-3H3/t9-,10-/m0/s1. The van der Waals surface area contributed by atoms with Gasteiger partial charge in [-0.3, -0.25) is 4.39 Å². The highest BCUT2D eigenvalue weighted by Gasteiger charge is 2.33. The fourth-order valence-corrected chi connectivity index (χ4v) is 2.34. The molecule has 2 heteroatoms. The molecule has 0 amide bonds. The van der Waals surface area contributed by atoms with Crippen LogP contribution in [0, 0.1) is 11.3 Å². The van der Waals surface area contributed by atoms with Crippen molar-refractivity contribution in [2.24, 2.45) is 11.3 Å². The Morgan fingerprint density at radius 2 is 2.25 bits per heavy atom. The summed E-state index contributed by atoms with van der Waals surface area (Å²) < 4.78 is 12.5. The van der Waals surface area contributed by atoms with Crippen molar-refractivity contribution in [3.63, 3.8) is 0 Å². The number of nitrogens with zero attached hydrogens (tertiary/aromatic N) is 1. The minimum atomic E-state index is -0.153. The molecule has 0 unspecified atom stereocenters. The first-order valence-electron chi connectivity index (χ1n) is 4.84. The second-order valence-electron chi connectivity index (χ2n) is 4.59. The Morgan fingerprint density at radius 3 is 2.75 bits per heavy atom. The number of hydrogen-bond acceptors (Lipinski definition) is 1. The highest BCUT2D eigenvalue weighted by Crippen LogP contribution is 2.34. The third kappa shape index (κ3) is 2.19. The normalized spacial score (nSPS) is 38.5. The molecule has 1 heterocycles. The van der Waals surface area contributed by atoms with Crippen LogP contribution in [-0.4, -0.2) is 31.7 Å². The average molecular weight is 173 g/mol. The van der Waals surface area contributed by atoms with E-state index in [4.69, 9.17) is 0 Å². The quantitative estimate of drug-likeness (QED) is 0.619. The summed E-state index contributed by atoms with van der Waals surface area (Å²) in [6, 6.07) is 0. The average Bonchev–Trinajstić information content (AvgIpc) is 2.03. The van der Waals surface area contributed by atoms with E-state index in [0.717, 1.165) is 25.9 Å². The molecular formula is C10H20FN. The molecule has 0 spiro atoms. The van der Waals surface area contributed by atoms with Gasteiger partial charge in [-0.1, -0.05) is 13.8 Å². The molecule has 72 valence electrons. The summed E-state index contributed by atoms with van der Waals surface area (Å²) in [5.74, 6) is 0.272. The second kappa shape index (κ2) is 3.73. The molecule has 0 aliphatic carbocycles. The van der Waals surface area contributed by atoms with Gasteiger partial charge in [0.15, 0.2) is 0 Å². The van der Waals surface area contributed by atoms with Crippen molar-refractivity contribution in [1.82, 2.24) is 4.90 Å². The van der Waals surface area contributed by atoms with Gasteiger partial charge in [0, 0.05) is 19.0 Å². The third-order valence-electron chi connectivity index (χ3n) is 3.07. The van der Waals surface area contributed by atoms with Gasteiger partial charge in [0.05, 0.1) is 6.67 Å². The van der Waals surface area contributed by atoms with E-state index in [2.05, 4.69) is 25.8 Å². The number of hydrogen-bond donors (Lipinski definition) is 0. The van der Waals surface area contributed by atoms with E-state index in [1.807, 2.05) is 0 Å². The first kappa shape index (κ1) is 9.97. The van der Waals surface area contributed by atoms with Crippen molar-refractivity contribution in [2.75, 3.05) is 26.8 Å². The zero-order valence-electron chi connectivity index (χ0n) is 8.44. The highest BCUT2D eigenvalue weighted by atomic mass is 19.1. The Balaban J connectivity index is 2.56. The molecule has 12 heavy (non-hydrogen) atoms. The molecule has 0 aromatic heterocycles. The van der Waals surface area contributed by atoms with Crippen molar-refractivity contribution < 1.29 is 4.39 Å². The Bertz CT molecular complexity index is 149. The lowest BCUT2D eigenvalue weighted by molar-refractivity contribution is 0.0642. The van der Waals surface area contributed by atoms with Gasteiger partial charge in [-0.05, 0) is 25.3 Å². The van der Waals surface area contributed by atoms with Crippen molar-refractivity contribution in [1.29, 1.82) is 0 Å². The summed E-state index contributed by atoms with van der Waals surface area (Å²) in [6.45, 7) is 6.38. The maximum atomic E-state index is 12.5. The molecule has 2 atom stereocenters. The van der Waals surface area contributed by atoms with Crippen LogP contribution < -0.4 is 0 Å². The highest BCUT2D eigenvalue weighted by molar-refractivity contribution is 4.85. The molecule has 0 saturated carbocycles. The topological polar surface area (TPSA) is 3.24 Å². The second-order valence-corrected chi connectivity index (χ2v) is 4.59. The van der Waals surface area contributed by atoms with E-state index in [1.54, 1.807) is 0 Å². The Labute approximate surface area is 74.9 Å². The minimum Gasteiger partial charge on any atom is -0.305 e.